The van der Waals surface area contributed by atoms with Crippen molar-refractivity contribution in [3.05, 3.63) is 83.3 Å². The lowest BCUT2D eigenvalue weighted by molar-refractivity contribution is 0.0891. The van der Waals surface area contributed by atoms with Gasteiger partial charge >= 0.3 is 0 Å². The first-order valence-electron chi connectivity index (χ1n) is 10.2. The molecule has 34 heavy (non-hydrogen) atoms. The van der Waals surface area contributed by atoms with Crippen LogP contribution < -0.4 is 28.4 Å². The van der Waals surface area contributed by atoms with Crippen LogP contribution in [0.25, 0.3) is 0 Å². The Morgan fingerprint density at radius 3 is 1.24 bits per heavy atom. The minimum Gasteiger partial charge on any atom is -0.497 e. The lowest BCUT2D eigenvalue weighted by Crippen LogP contribution is -2.29. The second-order valence-corrected chi connectivity index (χ2v) is 7.10. The van der Waals surface area contributed by atoms with E-state index in [-0.39, 0.29) is 45.6 Å². The number of hydrogen-bond acceptors (Lipinski definition) is 8. The Kier molecular flexibility index (Phi) is 6.40. The second kappa shape index (κ2) is 9.58. The Hall–Kier alpha value is -4.46. The lowest BCUT2D eigenvalue weighted by atomic mass is 9.90. The fourth-order valence-corrected chi connectivity index (χ4v) is 3.54. The predicted molar refractivity (Wildman–Crippen MR) is 122 cm³/mol. The fraction of sp³-hybridized carbons (Fsp3) is 0.154. The maximum Gasteiger partial charge on any atom is 0.236 e. The van der Waals surface area contributed by atoms with Crippen LogP contribution in [-0.4, -0.2) is 40.0 Å². The molecule has 0 saturated heterocycles. The topological polar surface area (TPSA) is 89.5 Å². The van der Waals surface area contributed by atoms with Gasteiger partial charge in [-0.05, 0) is 36.4 Å². The van der Waals surface area contributed by atoms with E-state index < -0.39 is 11.6 Å². The molecule has 0 N–H and O–H groups in total. The zero-order valence-corrected chi connectivity index (χ0v) is 19.0. The predicted octanol–water partition coefficient (Wildman–Crippen LogP) is 4.47. The van der Waals surface area contributed by atoms with Crippen molar-refractivity contribution in [1.29, 1.82) is 0 Å². The third kappa shape index (κ3) is 4.13. The standard InChI is InChI=1S/C26H22O8/c1-29-15-7-5-9-17(13-15)33-25-23(27)21-19(31-3)11-12-20(32-4)22(21)24(28)26(25)34-18-10-6-8-16(14-18)30-2/h5-14H,1-4H3. The molecule has 8 nitrogen and oxygen atoms in total. The Labute approximate surface area is 196 Å². The molecule has 0 heterocycles. The molecule has 174 valence electrons. The van der Waals surface area contributed by atoms with E-state index in [0.717, 1.165) is 0 Å². The van der Waals surface area contributed by atoms with Gasteiger partial charge in [0.15, 0.2) is 0 Å². The van der Waals surface area contributed by atoms with Gasteiger partial charge in [0.2, 0.25) is 23.1 Å². The van der Waals surface area contributed by atoms with E-state index in [2.05, 4.69) is 0 Å². The van der Waals surface area contributed by atoms with E-state index in [4.69, 9.17) is 28.4 Å². The fourth-order valence-electron chi connectivity index (χ4n) is 3.54. The van der Waals surface area contributed by atoms with Crippen LogP contribution in [0.15, 0.2) is 72.2 Å². The number of Topliss-reactive ketones (excluding diaryl/α,β-unsaturated/α-hetero) is 2. The van der Waals surface area contributed by atoms with Gasteiger partial charge in [-0.15, -0.1) is 0 Å². The molecule has 0 atom stereocenters. The van der Waals surface area contributed by atoms with Crippen LogP contribution in [0.1, 0.15) is 20.7 Å². The monoisotopic (exact) mass is 462 g/mol. The first kappa shape index (κ1) is 22.7. The molecule has 0 aromatic heterocycles. The number of carbonyl (C=O) groups excluding carboxylic acids is 2. The molecule has 0 fully saturated rings. The van der Waals surface area contributed by atoms with Crippen LogP contribution >= 0.6 is 0 Å². The summed E-state index contributed by atoms with van der Waals surface area (Å²) in [4.78, 5) is 27.4. The van der Waals surface area contributed by atoms with Crippen LogP contribution in [0.3, 0.4) is 0 Å². The number of methoxy groups -OCH3 is 4. The van der Waals surface area contributed by atoms with Gasteiger partial charge < -0.3 is 28.4 Å². The number of fused-ring (bicyclic) bond motifs is 1. The molecule has 3 aromatic rings. The van der Waals surface area contributed by atoms with Crippen molar-refractivity contribution in [2.24, 2.45) is 0 Å². The second-order valence-electron chi connectivity index (χ2n) is 7.10. The summed E-state index contributed by atoms with van der Waals surface area (Å²) in [5, 5.41) is 0. The van der Waals surface area contributed by atoms with Crippen LogP contribution in [-0.2, 0) is 0 Å². The molecule has 4 rings (SSSR count). The molecular formula is C26H22O8. The average Bonchev–Trinajstić information content (AvgIpc) is 2.88. The average molecular weight is 462 g/mol. The minimum absolute atomic E-state index is 0.0303. The molecule has 0 aliphatic heterocycles. The van der Waals surface area contributed by atoms with Crippen LogP contribution in [0.5, 0.6) is 34.5 Å². The van der Waals surface area contributed by atoms with Crippen molar-refractivity contribution >= 4 is 11.6 Å². The maximum absolute atomic E-state index is 13.7. The largest absolute Gasteiger partial charge is 0.497 e. The summed E-state index contributed by atoms with van der Waals surface area (Å²) in [6.07, 6.45) is 0. The van der Waals surface area contributed by atoms with Crippen LogP contribution in [0.4, 0.5) is 0 Å². The first-order chi connectivity index (χ1) is 16.5. The number of rotatable bonds is 8. The lowest BCUT2D eigenvalue weighted by Gasteiger charge is -2.24. The summed E-state index contributed by atoms with van der Waals surface area (Å²) in [5.74, 6) is 0.255. The van der Waals surface area contributed by atoms with Gasteiger partial charge in [-0.1, -0.05) is 12.1 Å². The van der Waals surface area contributed by atoms with E-state index >= 15 is 0 Å². The van der Waals surface area contributed by atoms with Crippen molar-refractivity contribution < 1.29 is 38.0 Å². The van der Waals surface area contributed by atoms with E-state index in [1.807, 2.05) is 0 Å². The van der Waals surface area contributed by atoms with E-state index in [1.165, 1.54) is 28.4 Å². The third-order valence-corrected chi connectivity index (χ3v) is 5.16. The molecule has 3 aromatic carbocycles. The van der Waals surface area contributed by atoms with Gasteiger partial charge in [-0.25, -0.2) is 0 Å². The number of hydrogen-bond donors (Lipinski definition) is 0. The Bertz CT molecular complexity index is 1190. The van der Waals surface area contributed by atoms with Crippen molar-refractivity contribution in [3.63, 3.8) is 0 Å². The molecule has 0 saturated carbocycles. The smallest absolute Gasteiger partial charge is 0.236 e. The Morgan fingerprint density at radius 1 is 0.500 bits per heavy atom. The summed E-state index contributed by atoms with van der Waals surface area (Å²) >= 11 is 0. The van der Waals surface area contributed by atoms with Crippen LogP contribution in [0, 0.1) is 0 Å². The van der Waals surface area contributed by atoms with Gasteiger partial charge in [-0.3, -0.25) is 9.59 Å². The number of benzene rings is 3. The van der Waals surface area contributed by atoms with Crippen LogP contribution in [0.2, 0.25) is 0 Å². The zero-order valence-electron chi connectivity index (χ0n) is 19.0. The molecule has 1 aliphatic rings. The van der Waals surface area contributed by atoms with Gasteiger partial charge in [0, 0.05) is 12.1 Å². The van der Waals surface area contributed by atoms with E-state index in [9.17, 15) is 9.59 Å². The summed E-state index contributed by atoms with van der Waals surface area (Å²) in [7, 11) is 5.85. The Morgan fingerprint density at radius 2 is 0.882 bits per heavy atom. The summed E-state index contributed by atoms with van der Waals surface area (Å²) in [6.45, 7) is 0. The highest BCUT2D eigenvalue weighted by molar-refractivity contribution is 6.27. The minimum atomic E-state index is -0.592. The van der Waals surface area contributed by atoms with E-state index in [0.29, 0.717) is 11.5 Å². The molecule has 0 amide bonds. The normalized spacial score (nSPS) is 12.7. The molecule has 1 aliphatic carbocycles. The molecule has 0 spiro atoms. The molecule has 8 heteroatoms. The summed E-state index contributed by atoms with van der Waals surface area (Å²) in [5.41, 5.74) is 0.0606. The van der Waals surface area contributed by atoms with E-state index in [1.54, 1.807) is 60.7 Å². The van der Waals surface area contributed by atoms with Crippen molar-refractivity contribution in [2.45, 2.75) is 0 Å². The first-order valence-corrected chi connectivity index (χ1v) is 10.2. The van der Waals surface area contributed by atoms with Crippen molar-refractivity contribution in [3.8, 4) is 34.5 Å². The van der Waals surface area contributed by atoms with Crippen molar-refractivity contribution in [2.75, 3.05) is 28.4 Å². The number of allylic oxidation sites excluding steroid dienone is 2. The quantitative estimate of drug-likeness (QED) is 0.485. The molecular weight excluding hydrogens is 440 g/mol. The molecule has 0 radical (unpaired) electrons. The summed E-state index contributed by atoms with van der Waals surface area (Å²) < 4.78 is 33.1. The maximum atomic E-state index is 13.7. The zero-order chi connectivity index (χ0) is 24.2. The Balaban J connectivity index is 1.89. The highest BCUT2D eigenvalue weighted by Gasteiger charge is 2.40. The van der Waals surface area contributed by atoms with Gasteiger partial charge in [0.1, 0.15) is 34.5 Å². The SMILES string of the molecule is COc1cccc(OC2=C(Oc3cccc(OC)c3)C(=O)c3c(OC)ccc(OC)c3C2=O)c1. The van der Waals surface area contributed by atoms with Gasteiger partial charge in [-0.2, -0.15) is 0 Å². The van der Waals surface area contributed by atoms with Gasteiger partial charge in [0.25, 0.3) is 0 Å². The molecule has 0 unspecified atom stereocenters. The van der Waals surface area contributed by atoms with Crippen molar-refractivity contribution in [1.82, 2.24) is 0 Å². The number of ketones is 2. The number of carbonyl (C=O) groups is 2. The highest BCUT2D eigenvalue weighted by Crippen LogP contribution is 2.40. The van der Waals surface area contributed by atoms with Gasteiger partial charge in [0.05, 0.1) is 39.6 Å². The number of ether oxygens (including phenoxy) is 6. The summed E-state index contributed by atoms with van der Waals surface area (Å²) in [6, 6.07) is 16.4. The molecule has 0 bridgehead atoms. The third-order valence-electron chi connectivity index (χ3n) is 5.16. The highest BCUT2D eigenvalue weighted by atomic mass is 16.5.